The second-order valence-corrected chi connectivity index (χ2v) is 4.69. The Morgan fingerprint density at radius 1 is 1.19 bits per heavy atom. The van der Waals surface area contributed by atoms with E-state index in [0.717, 1.165) is 29.6 Å². The maximum Gasteiger partial charge on any atom is 0.0843 e. The van der Waals surface area contributed by atoms with Crippen LogP contribution in [0.5, 0.6) is 0 Å². The van der Waals surface area contributed by atoms with E-state index in [2.05, 4.69) is 21.0 Å². The van der Waals surface area contributed by atoms with Crippen molar-refractivity contribution in [1.82, 2.24) is 0 Å². The fourth-order valence-corrected chi connectivity index (χ4v) is 1.47. The van der Waals surface area contributed by atoms with Gasteiger partial charge < -0.3 is 33.6 Å². The zero-order chi connectivity index (χ0) is 11.3. The fourth-order valence-electron chi connectivity index (χ4n) is 1.47. The molecule has 0 aromatic heterocycles. The molecule has 1 atom stereocenters. The Hall–Kier alpha value is -0.130. The molecule has 0 spiro atoms. The van der Waals surface area contributed by atoms with Crippen molar-refractivity contribution in [1.29, 1.82) is 0 Å². The van der Waals surface area contributed by atoms with E-state index in [4.69, 9.17) is 0 Å². The molecule has 0 saturated heterocycles. The predicted octanol–water partition coefficient (Wildman–Crippen LogP) is -0.790. The summed E-state index contributed by atoms with van der Waals surface area (Å²) in [6.07, 6.45) is 0.500. The maximum atomic E-state index is 9.97. The van der Waals surface area contributed by atoms with Crippen LogP contribution in [-0.2, 0) is 0 Å². The number of halogens is 1. The quantitative estimate of drug-likeness (QED) is 0.553. The van der Waals surface area contributed by atoms with Crippen molar-refractivity contribution in [2.45, 2.75) is 19.4 Å². The Morgan fingerprint density at radius 3 is 2.25 bits per heavy atom. The predicted molar refractivity (Wildman–Crippen MR) is 63.5 cm³/mol. The van der Waals surface area contributed by atoms with Gasteiger partial charge in [0.2, 0.25) is 0 Å². The van der Waals surface area contributed by atoms with Gasteiger partial charge in [-0.05, 0) is 12.5 Å². The molecular formula is C13H22INO. The van der Waals surface area contributed by atoms with Gasteiger partial charge in [-0.2, -0.15) is 0 Å². The lowest BCUT2D eigenvalue weighted by atomic mass is 10.1. The van der Waals surface area contributed by atoms with Crippen LogP contribution in [0.15, 0.2) is 30.3 Å². The average Bonchev–Trinajstić information content (AvgIpc) is 2.27. The molecule has 0 radical (unpaired) electrons. The lowest BCUT2D eigenvalue weighted by Crippen LogP contribution is -3.00. The smallest absolute Gasteiger partial charge is 0.0843 e. The number of rotatable bonds is 5. The van der Waals surface area contributed by atoms with Crippen molar-refractivity contribution in [2.24, 2.45) is 0 Å². The molecule has 0 aliphatic carbocycles. The Kier molecular flexibility index (Phi) is 7.19. The van der Waals surface area contributed by atoms with Crippen LogP contribution in [0.3, 0.4) is 0 Å². The SMILES string of the molecule is CC[N+](C)(C)CCC(O)c1ccccc1.[I-]. The van der Waals surface area contributed by atoms with Gasteiger partial charge in [0.05, 0.1) is 33.3 Å². The van der Waals surface area contributed by atoms with Gasteiger partial charge in [0.25, 0.3) is 0 Å². The van der Waals surface area contributed by atoms with E-state index in [1.54, 1.807) is 0 Å². The molecule has 1 N–H and O–H groups in total. The number of aliphatic hydroxyl groups is 1. The fraction of sp³-hybridized carbons (Fsp3) is 0.538. The summed E-state index contributed by atoms with van der Waals surface area (Å²) in [7, 11) is 4.38. The van der Waals surface area contributed by atoms with Gasteiger partial charge in [-0.3, -0.25) is 0 Å². The van der Waals surface area contributed by atoms with Crippen molar-refractivity contribution in [2.75, 3.05) is 27.2 Å². The van der Waals surface area contributed by atoms with Crippen molar-refractivity contribution < 1.29 is 33.6 Å². The van der Waals surface area contributed by atoms with Gasteiger partial charge in [-0.1, -0.05) is 30.3 Å². The third-order valence-electron chi connectivity index (χ3n) is 3.05. The molecular weight excluding hydrogens is 313 g/mol. The van der Waals surface area contributed by atoms with Crippen molar-refractivity contribution in [3.05, 3.63) is 35.9 Å². The Morgan fingerprint density at radius 2 is 1.75 bits per heavy atom. The molecule has 92 valence electrons. The highest BCUT2D eigenvalue weighted by molar-refractivity contribution is 5.16. The van der Waals surface area contributed by atoms with Crippen molar-refractivity contribution >= 4 is 0 Å². The van der Waals surface area contributed by atoms with E-state index >= 15 is 0 Å². The van der Waals surface area contributed by atoms with Crippen LogP contribution < -0.4 is 24.0 Å². The van der Waals surface area contributed by atoms with Gasteiger partial charge in [-0.15, -0.1) is 0 Å². The number of nitrogens with zero attached hydrogens (tertiary/aromatic N) is 1. The van der Waals surface area contributed by atoms with E-state index < -0.39 is 0 Å². The second kappa shape index (κ2) is 7.25. The lowest BCUT2D eigenvalue weighted by molar-refractivity contribution is -0.889. The topological polar surface area (TPSA) is 20.2 Å². The van der Waals surface area contributed by atoms with E-state index in [9.17, 15) is 5.11 Å². The summed E-state index contributed by atoms with van der Waals surface area (Å²) < 4.78 is 0.962. The van der Waals surface area contributed by atoms with Crippen LogP contribution >= 0.6 is 0 Å². The van der Waals surface area contributed by atoms with Crippen LogP contribution in [0, 0.1) is 0 Å². The molecule has 0 aliphatic heterocycles. The summed E-state index contributed by atoms with van der Waals surface area (Å²) in [6, 6.07) is 9.88. The summed E-state index contributed by atoms with van der Waals surface area (Å²) in [5.74, 6) is 0. The monoisotopic (exact) mass is 335 g/mol. The molecule has 0 amide bonds. The van der Waals surface area contributed by atoms with Gasteiger partial charge in [0.1, 0.15) is 0 Å². The van der Waals surface area contributed by atoms with E-state index in [1.165, 1.54) is 0 Å². The highest BCUT2D eigenvalue weighted by Crippen LogP contribution is 2.17. The molecule has 0 heterocycles. The molecule has 0 fully saturated rings. The molecule has 1 aromatic rings. The van der Waals surface area contributed by atoms with Gasteiger partial charge >= 0.3 is 0 Å². The molecule has 16 heavy (non-hydrogen) atoms. The van der Waals surface area contributed by atoms with Crippen molar-refractivity contribution in [3.8, 4) is 0 Å². The second-order valence-electron chi connectivity index (χ2n) is 4.69. The van der Waals surface area contributed by atoms with E-state index in [-0.39, 0.29) is 30.1 Å². The highest BCUT2D eigenvalue weighted by atomic mass is 127. The molecule has 1 rings (SSSR count). The van der Waals surface area contributed by atoms with E-state index in [0.29, 0.717) is 0 Å². The molecule has 1 unspecified atom stereocenters. The lowest BCUT2D eigenvalue weighted by Gasteiger charge is -2.29. The van der Waals surface area contributed by atoms with Crippen LogP contribution in [0.4, 0.5) is 0 Å². The van der Waals surface area contributed by atoms with E-state index in [1.807, 2.05) is 30.3 Å². The Bertz CT molecular complexity index is 287. The summed E-state index contributed by atoms with van der Waals surface area (Å²) in [6.45, 7) is 4.28. The van der Waals surface area contributed by atoms with Gasteiger partial charge in [-0.25, -0.2) is 0 Å². The number of benzene rings is 1. The van der Waals surface area contributed by atoms with Gasteiger partial charge in [0, 0.05) is 6.42 Å². The zero-order valence-electron chi connectivity index (χ0n) is 10.4. The molecule has 0 saturated carbocycles. The number of aliphatic hydroxyl groups excluding tert-OH is 1. The molecule has 0 bridgehead atoms. The minimum atomic E-state index is -0.324. The Labute approximate surface area is 116 Å². The number of hydrogen-bond acceptors (Lipinski definition) is 1. The van der Waals surface area contributed by atoms with Crippen molar-refractivity contribution in [3.63, 3.8) is 0 Å². The number of quaternary nitrogens is 1. The summed E-state index contributed by atoms with van der Waals surface area (Å²) in [5.41, 5.74) is 1.02. The summed E-state index contributed by atoms with van der Waals surface area (Å²) >= 11 is 0. The largest absolute Gasteiger partial charge is 1.00 e. The standard InChI is InChI=1S/C13H22NO.HI/c1-4-14(2,3)11-10-13(15)12-8-6-5-7-9-12;/h5-9,13,15H,4,10-11H2,1-3H3;1H/q+1;/p-1. The number of hydrogen-bond donors (Lipinski definition) is 1. The summed E-state index contributed by atoms with van der Waals surface area (Å²) in [4.78, 5) is 0. The first-order valence-electron chi connectivity index (χ1n) is 5.60. The van der Waals surface area contributed by atoms with Crippen LogP contribution in [0.2, 0.25) is 0 Å². The first-order chi connectivity index (χ1) is 7.05. The normalized spacial score (nSPS) is 13.0. The first kappa shape index (κ1) is 15.9. The molecule has 1 aromatic carbocycles. The maximum absolute atomic E-state index is 9.97. The molecule has 3 heteroatoms. The Balaban J connectivity index is 0.00000225. The van der Waals surface area contributed by atoms with Crippen LogP contribution in [0.25, 0.3) is 0 Å². The van der Waals surface area contributed by atoms with Crippen LogP contribution in [-0.4, -0.2) is 36.8 Å². The first-order valence-corrected chi connectivity index (χ1v) is 5.60. The molecule has 2 nitrogen and oxygen atoms in total. The third-order valence-corrected chi connectivity index (χ3v) is 3.05. The highest BCUT2D eigenvalue weighted by Gasteiger charge is 2.15. The minimum absolute atomic E-state index is 0. The minimum Gasteiger partial charge on any atom is -1.00 e. The van der Waals surface area contributed by atoms with Crippen LogP contribution in [0.1, 0.15) is 25.0 Å². The average molecular weight is 335 g/mol. The van der Waals surface area contributed by atoms with Gasteiger partial charge in [0.15, 0.2) is 0 Å². The molecule has 0 aliphatic rings. The zero-order valence-corrected chi connectivity index (χ0v) is 12.5. The summed E-state index contributed by atoms with van der Waals surface area (Å²) in [5, 5.41) is 9.97. The third kappa shape index (κ3) is 5.27.